The molecule has 0 saturated heterocycles. The highest BCUT2D eigenvalue weighted by molar-refractivity contribution is 8.00. The maximum Gasteiger partial charge on any atom is 0.233 e. The van der Waals surface area contributed by atoms with Crippen LogP contribution in [-0.4, -0.2) is 36.9 Å². The van der Waals surface area contributed by atoms with Crippen molar-refractivity contribution in [1.82, 2.24) is 25.1 Å². The number of carbonyl (C=O) groups excluding carboxylic acids is 1. The van der Waals surface area contributed by atoms with E-state index >= 15 is 0 Å². The smallest absolute Gasteiger partial charge is 0.233 e. The summed E-state index contributed by atoms with van der Waals surface area (Å²) in [6, 6.07) is 8.49. The highest BCUT2D eigenvalue weighted by Crippen LogP contribution is 2.28. The molecule has 1 N–H and O–H groups in total. The lowest BCUT2D eigenvalue weighted by molar-refractivity contribution is -0.120. The molecular formula is C17H19N5OS. The molecule has 6 nitrogen and oxygen atoms in total. The number of hydrogen-bond acceptors (Lipinski definition) is 5. The highest BCUT2D eigenvalue weighted by Gasteiger charge is 2.26. The van der Waals surface area contributed by atoms with Gasteiger partial charge in [-0.1, -0.05) is 30.0 Å². The van der Waals surface area contributed by atoms with E-state index in [1.165, 1.54) is 11.8 Å². The second kappa shape index (κ2) is 6.05. The Bertz CT molecular complexity index is 918. The van der Waals surface area contributed by atoms with E-state index in [4.69, 9.17) is 0 Å². The average molecular weight is 341 g/mol. The van der Waals surface area contributed by atoms with Crippen LogP contribution in [0.4, 0.5) is 0 Å². The third-order valence-electron chi connectivity index (χ3n) is 4.25. The van der Waals surface area contributed by atoms with Crippen molar-refractivity contribution in [2.45, 2.75) is 49.7 Å². The van der Waals surface area contributed by atoms with E-state index in [0.717, 1.165) is 41.5 Å². The maximum absolute atomic E-state index is 12.1. The van der Waals surface area contributed by atoms with Gasteiger partial charge in [0.1, 0.15) is 5.52 Å². The van der Waals surface area contributed by atoms with E-state index in [9.17, 15) is 4.79 Å². The zero-order valence-electron chi connectivity index (χ0n) is 13.7. The Kier molecular flexibility index (Phi) is 3.88. The molecule has 1 aliphatic carbocycles. The third kappa shape index (κ3) is 2.73. The first kappa shape index (κ1) is 15.4. The molecule has 1 fully saturated rings. The topological polar surface area (TPSA) is 72.7 Å². The Morgan fingerprint density at radius 2 is 2.17 bits per heavy atom. The summed E-state index contributed by atoms with van der Waals surface area (Å²) >= 11 is 1.36. The van der Waals surface area contributed by atoms with Crippen molar-refractivity contribution in [3.8, 4) is 0 Å². The summed E-state index contributed by atoms with van der Waals surface area (Å²) in [6.07, 6.45) is 2.17. The van der Waals surface area contributed by atoms with Gasteiger partial charge in [-0.25, -0.2) is 4.98 Å². The van der Waals surface area contributed by atoms with E-state index in [2.05, 4.69) is 38.1 Å². The average Bonchev–Trinajstić information content (AvgIpc) is 3.35. The molecule has 4 rings (SSSR count). The van der Waals surface area contributed by atoms with Crippen LogP contribution in [0.1, 0.15) is 26.7 Å². The van der Waals surface area contributed by atoms with Crippen LogP contribution in [0.25, 0.3) is 22.1 Å². The molecule has 1 atom stereocenters. The number of para-hydroxylation sites is 1. The van der Waals surface area contributed by atoms with Crippen molar-refractivity contribution in [2.24, 2.45) is 0 Å². The van der Waals surface area contributed by atoms with Crippen molar-refractivity contribution in [3.63, 3.8) is 0 Å². The van der Waals surface area contributed by atoms with Gasteiger partial charge in [0.05, 0.1) is 10.8 Å². The normalized spacial score (nSPS) is 15.8. The molecule has 0 radical (unpaired) electrons. The zero-order valence-corrected chi connectivity index (χ0v) is 14.5. The highest BCUT2D eigenvalue weighted by atomic mass is 32.2. The fraction of sp³-hybridized carbons (Fsp3) is 0.412. The molecule has 3 aromatic rings. The molecule has 1 aliphatic rings. The standard InChI is InChI=1S/C17H19N5OS/c1-3-22-13-7-5-4-6-12(13)14-15(22)19-17(21-20-14)24-10(2)16(23)18-11-8-9-11/h4-7,10-11H,3,8-9H2,1-2H3,(H,18,23)/t10-/m0/s1. The summed E-state index contributed by atoms with van der Waals surface area (Å²) in [4.78, 5) is 16.8. The van der Waals surface area contributed by atoms with E-state index in [-0.39, 0.29) is 11.2 Å². The van der Waals surface area contributed by atoms with Gasteiger partial charge in [-0.05, 0) is 32.8 Å². The van der Waals surface area contributed by atoms with Gasteiger partial charge < -0.3 is 9.88 Å². The van der Waals surface area contributed by atoms with Crippen LogP contribution < -0.4 is 5.32 Å². The second-order valence-corrected chi connectivity index (χ2v) is 7.38. The molecule has 0 bridgehead atoms. The molecule has 0 aliphatic heterocycles. The van der Waals surface area contributed by atoms with Crippen LogP contribution in [0.3, 0.4) is 0 Å². The van der Waals surface area contributed by atoms with E-state index in [0.29, 0.717) is 11.2 Å². The lowest BCUT2D eigenvalue weighted by Gasteiger charge is -2.10. The predicted molar refractivity (Wildman–Crippen MR) is 95.0 cm³/mol. The Hall–Kier alpha value is -2.15. The largest absolute Gasteiger partial charge is 0.352 e. The van der Waals surface area contributed by atoms with Gasteiger partial charge in [0.15, 0.2) is 5.65 Å². The molecule has 2 aromatic heterocycles. The number of hydrogen-bond donors (Lipinski definition) is 1. The Morgan fingerprint density at radius 3 is 2.92 bits per heavy atom. The number of fused-ring (bicyclic) bond motifs is 3. The predicted octanol–water partition coefficient (Wildman–Crippen LogP) is 2.76. The van der Waals surface area contributed by atoms with Gasteiger partial charge in [0.2, 0.25) is 11.1 Å². The molecule has 1 saturated carbocycles. The van der Waals surface area contributed by atoms with E-state index in [1.54, 1.807) is 0 Å². The monoisotopic (exact) mass is 341 g/mol. The molecule has 24 heavy (non-hydrogen) atoms. The first-order valence-corrected chi connectivity index (χ1v) is 9.14. The van der Waals surface area contributed by atoms with Crippen molar-refractivity contribution in [3.05, 3.63) is 24.3 Å². The number of rotatable bonds is 5. The minimum Gasteiger partial charge on any atom is -0.352 e. The molecule has 0 spiro atoms. The summed E-state index contributed by atoms with van der Waals surface area (Å²) in [6.45, 7) is 4.78. The van der Waals surface area contributed by atoms with Crippen LogP contribution in [0.5, 0.6) is 0 Å². The number of amides is 1. The molecular weight excluding hydrogens is 322 g/mol. The summed E-state index contributed by atoms with van der Waals surface area (Å²) in [5, 5.41) is 13.0. The van der Waals surface area contributed by atoms with Gasteiger partial charge in [0.25, 0.3) is 0 Å². The second-order valence-electron chi connectivity index (χ2n) is 6.07. The van der Waals surface area contributed by atoms with Gasteiger partial charge in [-0.3, -0.25) is 4.79 Å². The fourth-order valence-corrected chi connectivity index (χ4v) is 3.54. The SMILES string of the molecule is CCn1c2ccccc2c2nnc(S[C@@H](C)C(=O)NC3CC3)nc21. The molecule has 124 valence electrons. The quantitative estimate of drug-likeness (QED) is 0.723. The minimum atomic E-state index is -0.232. The molecule has 1 amide bonds. The van der Waals surface area contributed by atoms with Crippen molar-refractivity contribution in [2.75, 3.05) is 0 Å². The summed E-state index contributed by atoms with van der Waals surface area (Å²) in [7, 11) is 0. The first-order chi connectivity index (χ1) is 11.7. The fourth-order valence-electron chi connectivity index (χ4n) is 2.82. The van der Waals surface area contributed by atoms with Gasteiger partial charge in [-0.15, -0.1) is 10.2 Å². The summed E-state index contributed by atoms with van der Waals surface area (Å²) in [5.41, 5.74) is 2.75. The molecule has 2 heterocycles. The number of aryl methyl sites for hydroxylation is 1. The maximum atomic E-state index is 12.1. The van der Waals surface area contributed by atoms with Crippen LogP contribution in [0.15, 0.2) is 29.4 Å². The van der Waals surface area contributed by atoms with Gasteiger partial charge in [0, 0.05) is 18.0 Å². The number of carbonyl (C=O) groups is 1. The van der Waals surface area contributed by atoms with Gasteiger partial charge in [-0.2, -0.15) is 0 Å². The number of nitrogens with one attached hydrogen (secondary N) is 1. The van der Waals surface area contributed by atoms with Crippen LogP contribution in [-0.2, 0) is 11.3 Å². The minimum absolute atomic E-state index is 0.0437. The zero-order chi connectivity index (χ0) is 16.7. The van der Waals surface area contributed by atoms with Crippen LogP contribution in [0.2, 0.25) is 0 Å². The molecule has 7 heteroatoms. The van der Waals surface area contributed by atoms with Gasteiger partial charge >= 0.3 is 0 Å². The Morgan fingerprint density at radius 1 is 1.38 bits per heavy atom. The lowest BCUT2D eigenvalue weighted by Crippen LogP contribution is -2.32. The molecule has 1 aromatic carbocycles. The summed E-state index contributed by atoms with van der Waals surface area (Å²) < 4.78 is 2.14. The molecule has 0 unspecified atom stereocenters. The van der Waals surface area contributed by atoms with Crippen LogP contribution >= 0.6 is 11.8 Å². The number of thioether (sulfide) groups is 1. The van der Waals surface area contributed by atoms with Crippen molar-refractivity contribution < 1.29 is 4.79 Å². The summed E-state index contributed by atoms with van der Waals surface area (Å²) in [5.74, 6) is 0.0437. The lowest BCUT2D eigenvalue weighted by atomic mass is 10.2. The number of benzene rings is 1. The number of aromatic nitrogens is 4. The van der Waals surface area contributed by atoms with E-state index < -0.39 is 0 Å². The number of nitrogens with zero attached hydrogens (tertiary/aromatic N) is 4. The van der Waals surface area contributed by atoms with E-state index in [1.807, 2.05) is 25.1 Å². The van der Waals surface area contributed by atoms with Crippen molar-refractivity contribution >= 4 is 39.7 Å². The third-order valence-corrected chi connectivity index (χ3v) is 5.20. The Labute approximate surface area is 144 Å². The first-order valence-electron chi connectivity index (χ1n) is 8.26. The Balaban J connectivity index is 1.67. The van der Waals surface area contributed by atoms with Crippen LogP contribution in [0, 0.1) is 0 Å². The van der Waals surface area contributed by atoms with Crippen molar-refractivity contribution in [1.29, 1.82) is 0 Å².